The number of rotatable bonds is 8. The number of aliphatic carboxylic acids is 1. The summed E-state index contributed by atoms with van der Waals surface area (Å²) < 4.78 is 5.20. The van der Waals surface area contributed by atoms with Crippen LogP contribution in [0.25, 0.3) is 0 Å². The number of amides is 1. The van der Waals surface area contributed by atoms with E-state index in [9.17, 15) is 9.59 Å². The van der Waals surface area contributed by atoms with Crippen LogP contribution in [0.1, 0.15) is 18.2 Å². The summed E-state index contributed by atoms with van der Waals surface area (Å²) in [6.07, 6.45) is 1.12. The molecule has 1 aromatic rings. The van der Waals surface area contributed by atoms with Crippen LogP contribution in [0.2, 0.25) is 0 Å². The van der Waals surface area contributed by atoms with Gasteiger partial charge in [-0.15, -0.1) is 11.3 Å². The Balaban J connectivity index is 2.15. The van der Waals surface area contributed by atoms with Crippen molar-refractivity contribution in [3.8, 4) is 0 Å². The maximum atomic E-state index is 11.4. The summed E-state index contributed by atoms with van der Waals surface area (Å²) in [4.78, 5) is 23.3. The number of ether oxygens (including phenoxy) is 1. The van der Waals surface area contributed by atoms with E-state index in [4.69, 9.17) is 9.84 Å². The first kappa shape index (κ1) is 14.7. The highest BCUT2D eigenvalue weighted by atomic mass is 32.1. The van der Waals surface area contributed by atoms with Gasteiger partial charge in [-0.1, -0.05) is 13.0 Å². The van der Waals surface area contributed by atoms with Gasteiger partial charge in [-0.3, -0.25) is 4.79 Å². The van der Waals surface area contributed by atoms with Crippen molar-refractivity contribution >= 4 is 23.2 Å². The van der Waals surface area contributed by atoms with Gasteiger partial charge in [0, 0.05) is 11.3 Å². The van der Waals surface area contributed by atoms with Crippen LogP contribution in [0.4, 0.5) is 0 Å². The van der Waals surface area contributed by atoms with E-state index < -0.39 is 17.9 Å². The summed E-state index contributed by atoms with van der Waals surface area (Å²) in [5.41, 5.74) is 0. The quantitative estimate of drug-likeness (QED) is 0.699. The minimum atomic E-state index is -1.02. The van der Waals surface area contributed by atoms with Crippen LogP contribution in [0.5, 0.6) is 0 Å². The van der Waals surface area contributed by atoms with E-state index in [1.165, 1.54) is 4.88 Å². The van der Waals surface area contributed by atoms with Crippen molar-refractivity contribution in [1.82, 2.24) is 5.32 Å². The molecule has 5 nitrogen and oxygen atoms in total. The fourth-order valence-corrected chi connectivity index (χ4v) is 2.06. The molecule has 1 amide bonds. The fourth-order valence-electron chi connectivity index (χ4n) is 1.37. The highest BCUT2D eigenvalue weighted by Crippen LogP contribution is 2.08. The van der Waals surface area contributed by atoms with Crippen molar-refractivity contribution in [1.29, 1.82) is 0 Å². The molecule has 0 aliphatic rings. The number of hydrogen-bond donors (Lipinski definition) is 2. The summed E-state index contributed by atoms with van der Waals surface area (Å²) in [6.45, 7) is 2.06. The number of nitrogens with one attached hydrogen (secondary N) is 1. The van der Waals surface area contributed by atoms with Crippen molar-refractivity contribution in [2.75, 3.05) is 13.2 Å². The topological polar surface area (TPSA) is 75.6 Å². The van der Waals surface area contributed by atoms with Crippen LogP contribution in [0.15, 0.2) is 17.5 Å². The van der Waals surface area contributed by atoms with E-state index in [2.05, 4.69) is 5.32 Å². The molecule has 0 bridgehead atoms. The van der Waals surface area contributed by atoms with E-state index in [0.717, 1.165) is 6.42 Å². The maximum absolute atomic E-state index is 11.4. The van der Waals surface area contributed by atoms with Gasteiger partial charge < -0.3 is 15.2 Å². The molecule has 18 heavy (non-hydrogen) atoms. The molecule has 6 heteroatoms. The molecule has 2 N–H and O–H groups in total. The molecule has 0 saturated heterocycles. The van der Waals surface area contributed by atoms with E-state index in [1.807, 2.05) is 17.5 Å². The summed E-state index contributed by atoms with van der Waals surface area (Å²) in [6, 6.07) is 3.13. The third-order valence-electron chi connectivity index (χ3n) is 2.35. The molecule has 0 aromatic carbocycles. The zero-order valence-corrected chi connectivity index (χ0v) is 11.0. The molecule has 1 rings (SSSR count). The van der Waals surface area contributed by atoms with Gasteiger partial charge >= 0.3 is 5.97 Å². The van der Waals surface area contributed by atoms with Crippen molar-refractivity contribution in [3.63, 3.8) is 0 Å². The molecule has 0 spiro atoms. The van der Waals surface area contributed by atoms with E-state index in [-0.39, 0.29) is 6.61 Å². The Hall–Kier alpha value is -1.40. The first-order chi connectivity index (χ1) is 8.63. The Morgan fingerprint density at radius 3 is 2.89 bits per heavy atom. The second-order valence-electron chi connectivity index (χ2n) is 3.75. The Labute approximate surface area is 110 Å². The van der Waals surface area contributed by atoms with Gasteiger partial charge in [-0.25, -0.2) is 4.79 Å². The Morgan fingerprint density at radius 1 is 1.56 bits per heavy atom. The molecule has 0 aliphatic carbocycles. The van der Waals surface area contributed by atoms with Gasteiger partial charge in [-0.2, -0.15) is 0 Å². The van der Waals surface area contributed by atoms with E-state index in [0.29, 0.717) is 13.0 Å². The molecule has 1 unspecified atom stereocenters. The predicted octanol–water partition coefficient (Wildman–Crippen LogP) is 1.29. The molecule has 0 aliphatic heterocycles. The molecule has 0 saturated carbocycles. The number of hydrogen-bond acceptors (Lipinski definition) is 4. The zero-order chi connectivity index (χ0) is 13.4. The van der Waals surface area contributed by atoms with Crippen LogP contribution in [0, 0.1) is 0 Å². The maximum Gasteiger partial charge on any atom is 0.326 e. The zero-order valence-electron chi connectivity index (χ0n) is 10.2. The van der Waals surface area contributed by atoms with Gasteiger partial charge in [0.1, 0.15) is 12.6 Å². The molecule has 0 fully saturated rings. The Bertz CT molecular complexity index is 377. The second kappa shape index (κ2) is 7.84. The average Bonchev–Trinajstić information content (AvgIpc) is 2.84. The SMILES string of the molecule is CCC(NC(=O)COCCc1cccs1)C(=O)O. The number of carboxylic acids is 1. The highest BCUT2D eigenvalue weighted by Gasteiger charge is 2.17. The highest BCUT2D eigenvalue weighted by molar-refractivity contribution is 7.09. The summed E-state index contributed by atoms with van der Waals surface area (Å²) in [7, 11) is 0. The third-order valence-corrected chi connectivity index (χ3v) is 3.28. The van der Waals surface area contributed by atoms with Crippen LogP contribution >= 0.6 is 11.3 Å². The van der Waals surface area contributed by atoms with Crippen LogP contribution in [-0.2, 0) is 20.7 Å². The Morgan fingerprint density at radius 2 is 2.33 bits per heavy atom. The molecule has 0 radical (unpaired) electrons. The van der Waals surface area contributed by atoms with Crippen molar-refractivity contribution in [2.24, 2.45) is 0 Å². The van der Waals surface area contributed by atoms with Crippen molar-refractivity contribution < 1.29 is 19.4 Å². The van der Waals surface area contributed by atoms with E-state index in [1.54, 1.807) is 18.3 Å². The van der Waals surface area contributed by atoms with Crippen molar-refractivity contribution in [2.45, 2.75) is 25.8 Å². The van der Waals surface area contributed by atoms with Crippen LogP contribution < -0.4 is 5.32 Å². The molecule has 1 atom stereocenters. The van der Waals surface area contributed by atoms with E-state index >= 15 is 0 Å². The molecular weight excluding hydrogens is 254 g/mol. The molecule has 1 aromatic heterocycles. The number of carbonyl (C=O) groups is 2. The largest absolute Gasteiger partial charge is 0.480 e. The lowest BCUT2D eigenvalue weighted by Crippen LogP contribution is -2.42. The molecule has 1 heterocycles. The normalized spacial score (nSPS) is 12.1. The monoisotopic (exact) mass is 271 g/mol. The number of carboxylic acid groups (broad SMARTS) is 1. The number of thiophene rings is 1. The van der Waals surface area contributed by atoms with Gasteiger partial charge in [-0.05, 0) is 17.9 Å². The minimum Gasteiger partial charge on any atom is -0.480 e. The second-order valence-corrected chi connectivity index (χ2v) is 4.78. The first-order valence-corrected chi connectivity index (χ1v) is 6.63. The molecule has 100 valence electrons. The van der Waals surface area contributed by atoms with Gasteiger partial charge in [0.25, 0.3) is 0 Å². The fraction of sp³-hybridized carbons (Fsp3) is 0.500. The number of carbonyl (C=O) groups excluding carboxylic acids is 1. The summed E-state index contributed by atoms with van der Waals surface area (Å²) in [5, 5.41) is 13.2. The van der Waals surface area contributed by atoms with Gasteiger partial charge in [0.05, 0.1) is 6.61 Å². The lowest BCUT2D eigenvalue weighted by atomic mass is 10.2. The summed E-state index contributed by atoms with van der Waals surface area (Å²) in [5.74, 6) is -1.42. The smallest absolute Gasteiger partial charge is 0.326 e. The predicted molar refractivity (Wildman–Crippen MR) is 68.7 cm³/mol. The molecular formula is C12H17NO4S. The van der Waals surface area contributed by atoms with Gasteiger partial charge in [0.2, 0.25) is 5.91 Å². The summed E-state index contributed by atoms with van der Waals surface area (Å²) >= 11 is 1.64. The van der Waals surface area contributed by atoms with Crippen LogP contribution in [-0.4, -0.2) is 36.2 Å². The van der Waals surface area contributed by atoms with Crippen molar-refractivity contribution in [3.05, 3.63) is 22.4 Å². The lowest BCUT2D eigenvalue weighted by Gasteiger charge is -2.12. The minimum absolute atomic E-state index is 0.102. The van der Waals surface area contributed by atoms with Gasteiger partial charge in [0.15, 0.2) is 0 Å². The first-order valence-electron chi connectivity index (χ1n) is 5.75. The Kier molecular flexibility index (Phi) is 6.38. The standard InChI is InChI=1S/C12H17NO4S/c1-2-10(12(15)16)13-11(14)8-17-6-5-9-4-3-7-18-9/h3-4,7,10H,2,5-6,8H2,1H3,(H,13,14)(H,15,16). The average molecular weight is 271 g/mol. The van der Waals surface area contributed by atoms with Crippen LogP contribution in [0.3, 0.4) is 0 Å². The third kappa shape index (κ3) is 5.29. The lowest BCUT2D eigenvalue weighted by molar-refractivity contribution is -0.142.